The van der Waals surface area contributed by atoms with Crippen LogP contribution in [0.25, 0.3) is 90.0 Å². The minimum atomic E-state index is -0.422. The Bertz CT molecular complexity index is 4600. The second-order valence-electron chi connectivity index (χ2n) is 20.3. The molecule has 352 valence electrons. The van der Waals surface area contributed by atoms with E-state index in [0.717, 1.165) is 67.1 Å². The number of nitrogens with zero attached hydrogens (tertiary/aromatic N) is 5. The van der Waals surface area contributed by atoms with Gasteiger partial charge in [0.1, 0.15) is 0 Å². The molecule has 1 aliphatic carbocycles. The third kappa shape index (κ3) is 6.27. The number of hydrogen-bond acceptors (Lipinski definition) is 6. The van der Waals surface area contributed by atoms with E-state index in [-0.39, 0.29) is 0 Å². The molecule has 5 nitrogen and oxygen atoms in total. The molecule has 7 heteroatoms. The summed E-state index contributed by atoms with van der Waals surface area (Å²) in [4.78, 5) is 14.8. The summed E-state index contributed by atoms with van der Waals surface area (Å²) in [7, 11) is 0. The molecule has 14 aromatic rings. The van der Waals surface area contributed by atoms with Gasteiger partial charge in [0.05, 0.1) is 57.9 Å². The van der Waals surface area contributed by atoms with E-state index in [1.54, 1.807) is 0 Å². The van der Waals surface area contributed by atoms with Gasteiger partial charge in [-0.05, 0) is 138 Å². The molecule has 0 fully saturated rings. The van der Waals surface area contributed by atoms with Crippen LogP contribution in [0.2, 0.25) is 0 Å². The number of rotatable bonds is 7. The Morgan fingerprint density at radius 1 is 0.446 bits per heavy atom. The predicted octanol–water partition coefficient (Wildman–Crippen LogP) is 19.3. The van der Waals surface area contributed by atoms with Crippen molar-refractivity contribution in [3.8, 4) is 16.8 Å². The Labute approximate surface area is 436 Å². The molecule has 0 spiro atoms. The van der Waals surface area contributed by atoms with Gasteiger partial charge in [0.25, 0.3) is 0 Å². The van der Waals surface area contributed by atoms with Gasteiger partial charge in [0, 0.05) is 67.7 Å². The summed E-state index contributed by atoms with van der Waals surface area (Å²) in [5, 5.41) is 7.23. The highest BCUT2D eigenvalue weighted by molar-refractivity contribution is 7.26. The molecule has 0 saturated heterocycles. The van der Waals surface area contributed by atoms with Crippen LogP contribution in [-0.2, 0) is 5.41 Å². The van der Waals surface area contributed by atoms with Gasteiger partial charge in [-0.3, -0.25) is 9.97 Å². The van der Waals surface area contributed by atoms with Crippen LogP contribution in [0.1, 0.15) is 36.1 Å². The molecule has 9 aromatic carbocycles. The number of para-hydroxylation sites is 1. The third-order valence-electron chi connectivity index (χ3n) is 15.5. The molecular formula is C67H47N5S2. The topological polar surface area (TPSA) is 37.2 Å². The van der Waals surface area contributed by atoms with Gasteiger partial charge in [0.15, 0.2) is 0 Å². The van der Waals surface area contributed by atoms with E-state index in [1.807, 2.05) is 41.1 Å². The summed E-state index contributed by atoms with van der Waals surface area (Å²) in [6.07, 6.45) is 3.82. The number of aromatic nitrogens is 3. The zero-order valence-corrected chi connectivity index (χ0v) is 42.9. The zero-order chi connectivity index (χ0) is 49.4. The van der Waals surface area contributed by atoms with Crippen molar-refractivity contribution in [3.05, 3.63) is 235 Å². The van der Waals surface area contributed by atoms with Crippen molar-refractivity contribution in [1.29, 1.82) is 0 Å². The maximum Gasteiger partial charge on any atom is 0.0889 e. The average molecular weight is 986 g/mol. The first-order valence-electron chi connectivity index (χ1n) is 25.3. The van der Waals surface area contributed by atoms with Crippen molar-refractivity contribution in [2.75, 3.05) is 9.80 Å². The van der Waals surface area contributed by atoms with Crippen molar-refractivity contribution in [2.24, 2.45) is 0 Å². The van der Waals surface area contributed by atoms with Crippen LogP contribution in [0, 0.1) is 13.8 Å². The molecule has 0 atom stereocenters. The Balaban J connectivity index is 1.10. The van der Waals surface area contributed by atoms with Gasteiger partial charge >= 0.3 is 0 Å². The monoisotopic (exact) mass is 985 g/mol. The molecule has 1 aliphatic rings. The van der Waals surface area contributed by atoms with E-state index in [0.29, 0.717) is 0 Å². The molecule has 0 saturated carbocycles. The maximum atomic E-state index is 4.95. The Morgan fingerprint density at radius 3 is 1.69 bits per heavy atom. The van der Waals surface area contributed by atoms with Crippen LogP contribution in [-0.4, -0.2) is 14.5 Å². The van der Waals surface area contributed by atoms with Crippen LogP contribution in [0.3, 0.4) is 0 Å². The van der Waals surface area contributed by atoms with Crippen molar-refractivity contribution in [3.63, 3.8) is 0 Å². The summed E-state index contributed by atoms with van der Waals surface area (Å²) in [6.45, 7) is 9.25. The highest BCUT2D eigenvalue weighted by Gasteiger charge is 2.43. The molecule has 15 rings (SSSR count). The summed E-state index contributed by atoms with van der Waals surface area (Å²) >= 11 is 3.64. The first-order chi connectivity index (χ1) is 36.3. The van der Waals surface area contributed by atoms with Crippen LogP contribution in [0.4, 0.5) is 34.1 Å². The van der Waals surface area contributed by atoms with Gasteiger partial charge in [-0.15, -0.1) is 22.7 Å². The van der Waals surface area contributed by atoms with Gasteiger partial charge in [0.2, 0.25) is 0 Å². The molecule has 0 radical (unpaired) electrons. The molecule has 0 aliphatic heterocycles. The number of pyridine rings is 2. The fraction of sp³-hybridized carbons (Fsp3) is 0.0746. The van der Waals surface area contributed by atoms with Crippen molar-refractivity contribution >= 4 is 130 Å². The van der Waals surface area contributed by atoms with E-state index < -0.39 is 5.41 Å². The molecule has 74 heavy (non-hydrogen) atoms. The molecule has 0 N–H and O–H groups in total. The van der Waals surface area contributed by atoms with E-state index >= 15 is 0 Å². The summed E-state index contributed by atoms with van der Waals surface area (Å²) < 4.78 is 7.32. The van der Waals surface area contributed by atoms with Gasteiger partial charge in [-0.1, -0.05) is 128 Å². The lowest BCUT2D eigenvalue weighted by molar-refractivity contribution is 0.670. The Kier molecular flexibility index (Phi) is 9.41. The van der Waals surface area contributed by atoms with Gasteiger partial charge in [-0.25, -0.2) is 0 Å². The maximum absolute atomic E-state index is 4.95. The number of benzene rings is 9. The fourth-order valence-electron chi connectivity index (χ4n) is 12.3. The lowest BCUT2D eigenvalue weighted by atomic mass is 9.79. The number of thiophene rings is 2. The molecule has 5 aromatic heterocycles. The summed E-state index contributed by atoms with van der Waals surface area (Å²) in [5.41, 5.74) is 19.5. The van der Waals surface area contributed by atoms with Gasteiger partial charge in [-0.2, -0.15) is 0 Å². The fourth-order valence-corrected chi connectivity index (χ4v) is 14.6. The number of fused-ring (bicyclic) bond motifs is 15. The predicted molar refractivity (Wildman–Crippen MR) is 316 cm³/mol. The van der Waals surface area contributed by atoms with Crippen molar-refractivity contribution < 1.29 is 0 Å². The minimum absolute atomic E-state index is 0.422. The van der Waals surface area contributed by atoms with Crippen molar-refractivity contribution in [2.45, 2.75) is 33.1 Å². The number of anilines is 6. The Hall–Kier alpha value is -8.62. The van der Waals surface area contributed by atoms with Crippen LogP contribution < -0.4 is 9.80 Å². The van der Waals surface area contributed by atoms with Crippen LogP contribution in [0.5, 0.6) is 0 Å². The van der Waals surface area contributed by atoms with Crippen LogP contribution in [0.15, 0.2) is 213 Å². The minimum Gasteiger partial charge on any atom is -0.309 e. The average Bonchev–Trinajstić information content (AvgIpc) is 4.18. The van der Waals surface area contributed by atoms with Crippen molar-refractivity contribution in [1.82, 2.24) is 14.5 Å². The standard InChI is InChI=1S/C67H47N5S2/c1-40-24-29-44(30-25-40)70(54-20-10-18-49-62-57(73-65(49)54)22-12-36-68-62)46-33-35-53-51(38-46)52-39-56(71(45-31-26-41(2)27-32-45)55-21-11-19-50-63-58(74-66(50)55)23-13-37-69-63)59-48-34-28-42-14-8-9-17-47(42)60(48)67(3,4)61(59)64(52)72(53)43-15-6-5-7-16-43/h5-39H,1-4H3. The van der Waals surface area contributed by atoms with E-state index in [4.69, 9.17) is 9.97 Å². The zero-order valence-electron chi connectivity index (χ0n) is 41.3. The molecule has 0 bridgehead atoms. The third-order valence-corrected chi connectivity index (χ3v) is 17.9. The first kappa shape index (κ1) is 43.0. The van der Waals surface area contributed by atoms with E-state index in [9.17, 15) is 0 Å². The molecule has 5 heterocycles. The van der Waals surface area contributed by atoms with Crippen LogP contribution >= 0.6 is 22.7 Å². The van der Waals surface area contributed by atoms with E-state index in [1.165, 1.54) is 79.2 Å². The summed E-state index contributed by atoms with van der Waals surface area (Å²) in [6, 6.07) is 74.3. The smallest absolute Gasteiger partial charge is 0.0889 e. The highest BCUT2D eigenvalue weighted by Crippen LogP contribution is 2.60. The molecule has 0 unspecified atom stereocenters. The first-order valence-corrected chi connectivity index (χ1v) is 26.9. The van der Waals surface area contributed by atoms with Gasteiger partial charge < -0.3 is 14.4 Å². The SMILES string of the molecule is Cc1ccc(N(c2ccc3c(c2)c2cc(N(c4ccc(C)cc4)c4cccc5c4sc4cccnc45)c4c(c2n3-c2ccccc2)C(C)(C)c2c-4ccc3ccccc23)c2cccc3c2sc2cccnc23)cc1. The molecular weight excluding hydrogens is 939 g/mol. The lowest BCUT2D eigenvalue weighted by Gasteiger charge is -2.30. The Morgan fingerprint density at radius 2 is 1.03 bits per heavy atom. The van der Waals surface area contributed by atoms with E-state index in [2.05, 4.69) is 236 Å². The second kappa shape index (κ2) is 16.2. The molecule has 0 amide bonds. The lowest BCUT2D eigenvalue weighted by Crippen LogP contribution is -2.18. The number of aryl methyl sites for hydroxylation is 2. The number of hydrogen-bond donors (Lipinski definition) is 0. The summed E-state index contributed by atoms with van der Waals surface area (Å²) in [5.74, 6) is 0. The highest BCUT2D eigenvalue weighted by atomic mass is 32.1. The quantitative estimate of drug-likeness (QED) is 0.159. The second-order valence-corrected chi connectivity index (χ2v) is 22.4. The largest absolute Gasteiger partial charge is 0.309 e. The normalized spacial score (nSPS) is 13.0.